The molecule has 2 aromatic carbocycles. The maximum absolute atomic E-state index is 12.5. The van der Waals surface area contributed by atoms with Crippen LogP contribution < -0.4 is 25.2 Å². The fraction of sp³-hybridized carbons (Fsp3) is 0.273. The van der Waals surface area contributed by atoms with Gasteiger partial charge in [-0.05, 0) is 24.3 Å². The van der Waals surface area contributed by atoms with E-state index >= 15 is 0 Å². The molecule has 174 valence electrons. The molecule has 11 heteroatoms. The van der Waals surface area contributed by atoms with Crippen molar-refractivity contribution in [1.29, 1.82) is 0 Å². The van der Waals surface area contributed by atoms with Crippen LogP contribution >= 0.6 is 11.6 Å². The zero-order valence-corrected chi connectivity index (χ0v) is 18.7. The van der Waals surface area contributed by atoms with E-state index in [0.717, 1.165) is 0 Å². The van der Waals surface area contributed by atoms with E-state index in [-0.39, 0.29) is 29.5 Å². The molecule has 0 spiro atoms. The van der Waals surface area contributed by atoms with Crippen LogP contribution in [0.5, 0.6) is 11.5 Å². The lowest BCUT2D eigenvalue weighted by Gasteiger charge is -2.20. The van der Waals surface area contributed by atoms with Crippen molar-refractivity contribution >= 4 is 41.0 Å². The molecule has 0 bridgehead atoms. The number of esters is 1. The third-order valence-corrected chi connectivity index (χ3v) is 5.25. The van der Waals surface area contributed by atoms with Crippen LogP contribution in [0.4, 0.5) is 5.69 Å². The number of carbonyl (C=O) groups excluding carboxylic acids is 4. The monoisotopic (exact) mass is 475 g/mol. The number of hydrogen-bond acceptors (Lipinski definition) is 7. The van der Waals surface area contributed by atoms with E-state index in [1.807, 2.05) is 0 Å². The zero-order valence-electron chi connectivity index (χ0n) is 17.9. The lowest BCUT2D eigenvalue weighted by Crippen LogP contribution is -2.44. The summed E-state index contributed by atoms with van der Waals surface area (Å²) in [6.45, 7) is -0.552. The van der Waals surface area contributed by atoms with Gasteiger partial charge in [0.05, 0.1) is 36.4 Å². The summed E-state index contributed by atoms with van der Waals surface area (Å²) in [5.41, 5.74) is 5.01. The molecule has 0 radical (unpaired) electrons. The van der Waals surface area contributed by atoms with Crippen molar-refractivity contribution in [1.82, 2.24) is 10.9 Å². The minimum absolute atomic E-state index is 0.0706. The number of anilines is 1. The third kappa shape index (κ3) is 5.72. The van der Waals surface area contributed by atoms with E-state index < -0.39 is 30.3 Å². The molecule has 1 heterocycles. The summed E-state index contributed by atoms with van der Waals surface area (Å²) in [7, 11) is 2.98. The Bertz CT molecular complexity index is 1080. The van der Waals surface area contributed by atoms with Gasteiger partial charge >= 0.3 is 5.97 Å². The van der Waals surface area contributed by atoms with Crippen LogP contribution in [-0.4, -0.2) is 51.1 Å². The summed E-state index contributed by atoms with van der Waals surface area (Å²) < 4.78 is 15.5. The lowest BCUT2D eigenvalue weighted by molar-refractivity contribution is -0.152. The number of nitrogens with one attached hydrogen (secondary N) is 2. The average Bonchev–Trinajstić information content (AvgIpc) is 3.22. The fourth-order valence-corrected chi connectivity index (χ4v) is 3.46. The number of carbonyl (C=O) groups is 4. The van der Waals surface area contributed by atoms with Crippen LogP contribution in [0, 0.1) is 5.92 Å². The van der Waals surface area contributed by atoms with Crippen LogP contribution in [0.2, 0.25) is 5.02 Å². The minimum Gasteiger partial charge on any atom is -0.497 e. The highest BCUT2D eigenvalue weighted by Crippen LogP contribution is 2.36. The first kappa shape index (κ1) is 23.9. The van der Waals surface area contributed by atoms with E-state index in [9.17, 15) is 19.2 Å². The Balaban J connectivity index is 1.51. The van der Waals surface area contributed by atoms with Crippen LogP contribution in [0.25, 0.3) is 0 Å². The molecule has 2 aromatic rings. The van der Waals surface area contributed by atoms with Gasteiger partial charge in [0.25, 0.3) is 11.8 Å². The van der Waals surface area contributed by atoms with E-state index in [4.69, 9.17) is 25.8 Å². The molecule has 1 aliphatic rings. The van der Waals surface area contributed by atoms with Gasteiger partial charge in [-0.1, -0.05) is 23.7 Å². The number of hydrazine groups is 1. The van der Waals surface area contributed by atoms with Gasteiger partial charge in [0, 0.05) is 19.0 Å². The number of halogens is 1. The van der Waals surface area contributed by atoms with E-state index in [2.05, 4.69) is 10.9 Å². The summed E-state index contributed by atoms with van der Waals surface area (Å²) in [6, 6.07) is 11.3. The Hall–Kier alpha value is -3.79. The van der Waals surface area contributed by atoms with Crippen molar-refractivity contribution in [2.45, 2.75) is 6.42 Å². The van der Waals surface area contributed by atoms with Crippen LogP contribution in [-0.2, 0) is 19.1 Å². The molecule has 0 aromatic heterocycles. The molecular formula is C22H22ClN3O7. The lowest BCUT2D eigenvalue weighted by atomic mass is 10.1. The van der Waals surface area contributed by atoms with Gasteiger partial charge in [-0.25, -0.2) is 0 Å². The second-order valence-corrected chi connectivity index (χ2v) is 7.44. The van der Waals surface area contributed by atoms with Crippen molar-refractivity contribution in [3.63, 3.8) is 0 Å². The molecule has 1 aliphatic heterocycles. The maximum atomic E-state index is 12.5. The molecule has 0 aliphatic carbocycles. The number of methoxy groups -OCH3 is 2. The van der Waals surface area contributed by atoms with Gasteiger partial charge in [-0.15, -0.1) is 0 Å². The topological polar surface area (TPSA) is 123 Å². The van der Waals surface area contributed by atoms with Gasteiger partial charge in [-0.2, -0.15) is 0 Å². The molecule has 1 atom stereocenters. The predicted molar refractivity (Wildman–Crippen MR) is 118 cm³/mol. The summed E-state index contributed by atoms with van der Waals surface area (Å²) in [5.74, 6) is -2.12. The van der Waals surface area contributed by atoms with Crippen LogP contribution in [0.3, 0.4) is 0 Å². The Morgan fingerprint density at radius 1 is 1.09 bits per heavy atom. The van der Waals surface area contributed by atoms with E-state index in [1.54, 1.807) is 30.3 Å². The van der Waals surface area contributed by atoms with Crippen molar-refractivity contribution in [2.24, 2.45) is 5.92 Å². The second kappa shape index (κ2) is 10.7. The van der Waals surface area contributed by atoms with Crippen LogP contribution in [0.15, 0.2) is 42.5 Å². The molecule has 0 unspecified atom stereocenters. The van der Waals surface area contributed by atoms with Crippen molar-refractivity contribution in [3.8, 4) is 11.5 Å². The number of hydrogen-bond donors (Lipinski definition) is 2. The maximum Gasteiger partial charge on any atom is 0.311 e. The first-order chi connectivity index (χ1) is 15.8. The smallest absolute Gasteiger partial charge is 0.311 e. The summed E-state index contributed by atoms with van der Waals surface area (Å²) >= 11 is 5.92. The van der Waals surface area contributed by atoms with Gasteiger partial charge < -0.3 is 19.1 Å². The van der Waals surface area contributed by atoms with Gasteiger partial charge in [0.1, 0.15) is 11.5 Å². The average molecular weight is 476 g/mol. The third-order valence-electron chi connectivity index (χ3n) is 4.92. The number of amides is 3. The summed E-state index contributed by atoms with van der Waals surface area (Å²) in [6.07, 6.45) is -0.0706. The van der Waals surface area contributed by atoms with Crippen molar-refractivity contribution < 1.29 is 33.4 Å². The molecular weight excluding hydrogens is 454 g/mol. The Labute approximate surface area is 194 Å². The number of ether oxygens (including phenoxy) is 3. The van der Waals surface area contributed by atoms with Crippen molar-refractivity contribution in [2.75, 3.05) is 32.3 Å². The number of rotatable bonds is 7. The molecule has 3 rings (SSSR count). The SMILES string of the molecule is COc1ccc(N2C[C@@H](C(=O)OCC(=O)NNC(=O)c3ccccc3Cl)CC2=O)c(OC)c1. The molecule has 10 nitrogen and oxygen atoms in total. The van der Waals surface area contributed by atoms with Crippen LogP contribution in [0.1, 0.15) is 16.8 Å². The summed E-state index contributed by atoms with van der Waals surface area (Å²) in [4.78, 5) is 50.3. The van der Waals surface area contributed by atoms with E-state index in [0.29, 0.717) is 17.2 Å². The molecule has 3 amide bonds. The first-order valence-electron chi connectivity index (χ1n) is 9.86. The van der Waals surface area contributed by atoms with E-state index in [1.165, 1.54) is 31.3 Å². The normalized spacial score (nSPS) is 15.1. The molecule has 0 saturated carbocycles. The Morgan fingerprint density at radius 2 is 1.85 bits per heavy atom. The highest BCUT2D eigenvalue weighted by atomic mass is 35.5. The fourth-order valence-electron chi connectivity index (χ4n) is 3.24. The quantitative estimate of drug-likeness (QED) is 0.461. The zero-order chi connectivity index (χ0) is 24.0. The molecule has 1 saturated heterocycles. The largest absolute Gasteiger partial charge is 0.497 e. The second-order valence-electron chi connectivity index (χ2n) is 7.03. The van der Waals surface area contributed by atoms with Gasteiger partial charge in [-0.3, -0.25) is 30.0 Å². The summed E-state index contributed by atoms with van der Waals surface area (Å²) in [5, 5.41) is 0.222. The molecule has 2 N–H and O–H groups in total. The molecule has 33 heavy (non-hydrogen) atoms. The van der Waals surface area contributed by atoms with Gasteiger partial charge in [0.15, 0.2) is 6.61 Å². The first-order valence-corrected chi connectivity index (χ1v) is 10.2. The Morgan fingerprint density at radius 3 is 2.55 bits per heavy atom. The van der Waals surface area contributed by atoms with Gasteiger partial charge in [0.2, 0.25) is 5.91 Å². The minimum atomic E-state index is -0.755. The number of benzene rings is 2. The highest BCUT2D eigenvalue weighted by Gasteiger charge is 2.37. The molecule has 1 fully saturated rings. The van der Waals surface area contributed by atoms with Crippen molar-refractivity contribution in [3.05, 3.63) is 53.1 Å². The predicted octanol–water partition coefficient (Wildman–Crippen LogP) is 1.71. The Kier molecular flexibility index (Phi) is 7.73. The standard InChI is InChI=1S/C22H22ClN3O7/c1-31-14-7-8-17(18(10-14)32-2)26-11-13(9-20(26)28)22(30)33-12-19(27)24-25-21(29)15-5-3-4-6-16(15)23/h3-8,10,13H,9,11-12H2,1-2H3,(H,24,27)(H,25,29)/t13-/m0/s1. The number of nitrogens with zero attached hydrogens (tertiary/aromatic N) is 1. The highest BCUT2D eigenvalue weighted by molar-refractivity contribution is 6.33.